The van der Waals surface area contributed by atoms with Gasteiger partial charge in [-0.15, -0.1) is 0 Å². The number of nitriles is 1. The number of fused-ring (bicyclic) bond motifs is 5. The van der Waals surface area contributed by atoms with Crippen molar-refractivity contribution in [1.82, 2.24) is 19.3 Å². The molecule has 9 nitrogen and oxygen atoms in total. The van der Waals surface area contributed by atoms with Crippen molar-refractivity contribution in [3.8, 4) is 6.07 Å². The maximum absolute atomic E-state index is 15.8. The maximum atomic E-state index is 15.8. The van der Waals surface area contributed by atoms with Crippen LogP contribution in [-0.4, -0.2) is 50.9 Å². The summed E-state index contributed by atoms with van der Waals surface area (Å²) in [6, 6.07) is 11.6. The van der Waals surface area contributed by atoms with E-state index in [0.717, 1.165) is 10.5 Å². The molecule has 0 spiro atoms. The molecule has 2 bridgehead atoms. The molecule has 0 unspecified atom stereocenters. The number of benzene rings is 2. The second kappa shape index (κ2) is 9.02. The summed E-state index contributed by atoms with van der Waals surface area (Å²) in [5.74, 6) is -1.65. The fraction of sp³-hybridized carbons (Fsp3) is 0.179. The Bertz CT molecular complexity index is 1990. The average Bonchev–Trinajstić information content (AvgIpc) is 2.98. The molecule has 3 aromatic heterocycles. The summed E-state index contributed by atoms with van der Waals surface area (Å²) < 4.78 is 38.0. The molecule has 0 saturated carbocycles. The van der Waals surface area contributed by atoms with Crippen LogP contribution in [0.15, 0.2) is 64.3 Å². The van der Waals surface area contributed by atoms with E-state index in [1.807, 2.05) is 11.8 Å². The molecule has 1 aliphatic rings. The Labute approximate surface area is 219 Å². The first kappa shape index (κ1) is 24.2. The largest absolute Gasteiger partial charge is 0.454 e. The van der Waals surface area contributed by atoms with Gasteiger partial charge in [0.1, 0.15) is 34.3 Å². The Balaban J connectivity index is 1.78. The molecule has 5 aromatic rings. The van der Waals surface area contributed by atoms with Crippen LogP contribution < -0.4 is 10.6 Å². The molecule has 1 saturated heterocycles. The molecule has 11 heteroatoms. The topological polar surface area (TPSA) is 108 Å². The number of pyridine rings is 1. The predicted molar refractivity (Wildman–Crippen MR) is 141 cm³/mol. The fourth-order valence-corrected chi connectivity index (χ4v) is 5.17. The first-order valence-corrected chi connectivity index (χ1v) is 12.1. The summed E-state index contributed by atoms with van der Waals surface area (Å²) in [6.07, 6.45) is 1.24. The molecule has 1 fully saturated rings. The van der Waals surface area contributed by atoms with Crippen molar-refractivity contribution in [2.45, 2.75) is 13.0 Å². The second-order valence-electron chi connectivity index (χ2n) is 9.25. The van der Waals surface area contributed by atoms with Gasteiger partial charge in [-0.2, -0.15) is 10.2 Å². The van der Waals surface area contributed by atoms with E-state index >= 15 is 8.78 Å². The Kier molecular flexibility index (Phi) is 5.61. The lowest BCUT2D eigenvalue weighted by Crippen LogP contribution is -2.54. The van der Waals surface area contributed by atoms with Gasteiger partial charge in [0.25, 0.3) is 0 Å². The molecule has 6 rings (SSSR count). The van der Waals surface area contributed by atoms with Crippen molar-refractivity contribution >= 4 is 50.3 Å². The smallest absolute Gasteiger partial charge is 0.356 e. The average molecular weight is 527 g/mol. The monoisotopic (exact) mass is 526 g/mol. The number of amides is 1. The highest BCUT2D eigenvalue weighted by Crippen LogP contribution is 2.32. The minimum atomic E-state index is -0.842. The van der Waals surface area contributed by atoms with Gasteiger partial charge in [0.05, 0.1) is 16.3 Å². The van der Waals surface area contributed by atoms with Crippen molar-refractivity contribution in [2.75, 3.05) is 24.5 Å². The number of carbonyl (C=O) groups is 1. The van der Waals surface area contributed by atoms with Crippen LogP contribution in [0.5, 0.6) is 0 Å². The van der Waals surface area contributed by atoms with Gasteiger partial charge in [-0.3, -0.25) is 4.79 Å². The zero-order valence-corrected chi connectivity index (χ0v) is 20.7. The summed E-state index contributed by atoms with van der Waals surface area (Å²) in [7, 11) is 0. The normalized spacial score (nSPS) is 15.7. The van der Waals surface area contributed by atoms with Crippen molar-refractivity contribution < 1.29 is 18.0 Å². The standard InChI is InChI=1S/C28H20F2N6O3/c1-3-22(37)34-10-11-35(15(2)14-34)26-17-12-19(30)24-23-18(29)7-5-8-20(23)39-21-9-4-6-16(13-31)25(21)36(27(17)32-24)28(38)33-26/h3-9,12,15H,1,10-11,14H2,2H3/t15-/m0/s1. The SMILES string of the molecule is C=CC(=O)N1CCN(c2nc(=O)n3c4nc(c(F)cc24)c2c(F)cccc2oc2cccc(C#N)c23)[C@@H](C)C1. The van der Waals surface area contributed by atoms with E-state index in [0.29, 0.717) is 19.6 Å². The summed E-state index contributed by atoms with van der Waals surface area (Å²) in [5, 5.41) is 9.86. The number of rotatable bonds is 2. The maximum Gasteiger partial charge on any atom is 0.356 e. The number of piperazine rings is 1. The molecule has 39 heavy (non-hydrogen) atoms. The highest BCUT2D eigenvalue weighted by atomic mass is 19.1. The van der Waals surface area contributed by atoms with Gasteiger partial charge in [-0.25, -0.2) is 23.0 Å². The highest BCUT2D eigenvalue weighted by Gasteiger charge is 2.29. The first-order chi connectivity index (χ1) is 18.8. The minimum absolute atomic E-state index is 0.0122. The Hall–Kier alpha value is -5.11. The summed E-state index contributed by atoms with van der Waals surface area (Å²) >= 11 is 0. The molecule has 4 heterocycles. The van der Waals surface area contributed by atoms with Crippen molar-refractivity contribution in [2.24, 2.45) is 0 Å². The van der Waals surface area contributed by atoms with Crippen LogP contribution >= 0.6 is 0 Å². The van der Waals surface area contributed by atoms with Crippen LogP contribution in [0.2, 0.25) is 0 Å². The third-order valence-electron chi connectivity index (χ3n) is 6.96. The van der Waals surface area contributed by atoms with E-state index in [9.17, 15) is 14.9 Å². The second-order valence-corrected chi connectivity index (χ2v) is 9.25. The lowest BCUT2D eigenvalue weighted by atomic mass is 10.1. The van der Waals surface area contributed by atoms with E-state index in [1.165, 1.54) is 36.4 Å². The molecule has 0 aliphatic carbocycles. The molecule has 1 amide bonds. The molecule has 0 radical (unpaired) electrons. The van der Waals surface area contributed by atoms with Gasteiger partial charge in [-0.05, 0) is 43.3 Å². The molecular weight excluding hydrogens is 506 g/mol. The predicted octanol–water partition coefficient (Wildman–Crippen LogP) is 4.08. The van der Waals surface area contributed by atoms with Gasteiger partial charge in [0, 0.05) is 25.7 Å². The van der Waals surface area contributed by atoms with Gasteiger partial charge in [0.2, 0.25) is 5.91 Å². The van der Waals surface area contributed by atoms with Gasteiger partial charge in [0.15, 0.2) is 17.0 Å². The number of anilines is 1. The molecule has 2 aromatic carbocycles. The van der Waals surface area contributed by atoms with Gasteiger partial charge < -0.3 is 14.2 Å². The Morgan fingerprint density at radius 1 is 1.15 bits per heavy atom. The lowest BCUT2D eigenvalue weighted by Gasteiger charge is -2.40. The highest BCUT2D eigenvalue weighted by molar-refractivity contribution is 5.99. The molecule has 0 N–H and O–H groups in total. The quantitative estimate of drug-likeness (QED) is 0.319. The third-order valence-corrected chi connectivity index (χ3v) is 6.96. The van der Waals surface area contributed by atoms with E-state index in [4.69, 9.17) is 4.42 Å². The third kappa shape index (κ3) is 3.72. The van der Waals surface area contributed by atoms with Crippen molar-refractivity contribution in [3.63, 3.8) is 0 Å². The summed E-state index contributed by atoms with van der Waals surface area (Å²) in [5.41, 5.74) is -0.938. The summed E-state index contributed by atoms with van der Waals surface area (Å²) in [6.45, 7) is 6.37. The first-order valence-electron chi connectivity index (χ1n) is 12.1. The van der Waals surface area contributed by atoms with Crippen LogP contribution in [0.25, 0.3) is 38.6 Å². The van der Waals surface area contributed by atoms with E-state index in [2.05, 4.69) is 22.6 Å². The molecule has 1 aliphatic heterocycles. The summed E-state index contributed by atoms with van der Waals surface area (Å²) in [4.78, 5) is 38.1. The zero-order chi connectivity index (χ0) is 27.4. The number of hydrogen-bond acceptors (Lipinski definition) is 7. The van der Waals surface area contributed by atoms with Gasteiger partial charge >= 0.3 is 5.69 Å². The van der Waals surface area contributed by atoms with Crippen molar-refractivity contribution in [3.05, 3.63) is 82.8 Å². The number of aromatic nitrogens is 3. The lowest BCUT2D eigenvalue weighted by molar-refractivity contribution is -0.126. The number of hydrogen-bond donors (Lipinski definition) is 0. The molecular formula is C28H20F2N6O3. The molecule has 1 atom stereocenters. The number of para-hydroxylation sites is 1. The minimum Gasteiger partial charge on any atom is -0.454 e. The van der Waals surface area contributed by atoms with E-state index in [-0.39, 0.29) is 61.9 Å². The van der Waals surface area contributed by atoms with Crippen LogP contribution in [-0.2, 0) is 4.79 Å². The Morgan fingerprint density at radius 3 is 2.67 bits per heavy atom. The number of nitrogens with zero attached hydrogens (tertiary/aromatic N) is 6. The van der Waals surface area contributed by atoms with E-state index < -0.39 is 17.3 Å². The van der Waals surface area contributed by atoms with Crippen LogP contribution in [0.3, 0.4) is 0 Å². The van der Waals surface area contributed by atoms with Crippen molar-refractivity contribution in [1.29, 1.82) is 5.26 Å². The van der Waals surface area contributed by atoms with Crippen LogP contribution in [0.4, 0.5) is 14.6 Å². The van der Waals surface area contributed by atoms with Gasteiger partial charge in [-0.1, -0.05) is 18.7 Å². The molecule has 194 valence electrons. The van der Waals surface area contributed by atoms with E-state index in [1.54, 1.807) is 11.0 Å². The Morgan fingerprint density at radius 2 is 1.92 bits per heavy atom. The fourth-order valence-electron chi connectivity index (χ4n) is 5.17. The number of carbonyl (C=O) groups excluding carboxylic acids is 1. The number of halogens is 2. The zero-order valence-electron chi connectivity index (χ0n) is 20.7. The van der Waals surface area contributed by atoms with Crippen LogP contribution in [0, 0.1) is 23.0 Å². The van der Waals surface area contributed by atoms with Crippen LogP contribution in [0.1, 0.15) is 12.5 Å².